The summed E-state index contributed by atoms with van der Waals surface area (Å²) in [5, 5.41) is 0. The van der Waals surface area contributed by atoms with Crippen LogP contribution >= 0.6 is 0 Å². The maximum Gasteiger partial charge on any atom is 0.246 e. The van der Waals surface area contributed by atoms with E-state index in [9.17, 15) is 4.79 Å². The van der Waals surface area contributed by atoms with Crippen molar-refractivity contribution in [2.24, 2.45) is 5.92 Å². The minimum absolute atomic E-state index is 0.107. The second kappa shape index (κ2) is 8.52. The zero-order valence-corrected chi connectivity index (χ0v) is 14.7. The fourth-order valence-electron chi connectivity index (χ4n) is 3.08. The lowest BCUT2D eigenvalue weighted by Gasteiger charge is -2.30. The van der Waals surface area contributed by atoms with E-state index in [0.717, 1.165) is 36.4 Å². The van der Waals surface area contributed by atoms with E-state index in [0.29, 0.717) is 12.5 Å². The van der Waals surface area contributed by atoms with Gasteiger partial charge in [-0.2, -0.15) is 0 Å². The topological polar surface area (TPSA) is 29.5 Å². The number of hydrogen-bond acceptors (Lipinski definition) is 2. The van der Waals surface area contributed by atoms with E-state index in [1.165, 1.54) is 6.42 Å². The van der Waals surface area contributed by atoms with Gasteiger partial charge in [-0.25, -0.2) is 0 Å². The zero-order chi connectivity index (χ0) is 17.5. The van der Waals surface area contributed by atoms with Gasteiger partial charge in [0.25, 0.3) is 0 Å². The first-order chi connectivity index (χ1) is 12.2. The summed E-state index contributed by atoms with van der Waals surface area (Å²) in [5.41, 5.74) is 2.15. The Morgan fingerprint density at radius 1 is 1.16 bits per heavy atom. The Bertz CT molecular complexity index is 707. The number of amides is 1. The van der Waals surface area contributed by atoms with Crippen molar-refractivity contribution < 1.29 is 9.53 Å². The Balaban J connectivity index is 1.52. The first kappa shape index (κ1) is 17.3. The molecule has 0 aromatic heterocycles. The van der Waals surface area contributed by atoms with Crippen LogP contribution in [-0.4, -0.2) is 23.9 Å². The summed E-state index contributed by atoms with van der Waals surface area (Å²) in [6.45, 7) is 4.51. The van der Waals surface area contributed by atoms with E-state index < -0.39 is 0 Å². The highest BCUT2D eigenvalue weighted by Gasteiger charge is 2.18. The van der Waals surface area contributed by atoms with Crippen LogP contribution in [0.5, 0.6) is 5.75 Å². The van der Waals surface area contributed by atoms with Gasteiger partial charge in [0.1, 0.15) is 12.4 Å². The molecule has 0 spiro atoms. The summed E-state index contributed by atoms with van der Waals surface area (Å²) in [6, 6.07) is 17.9. The smallest absolute Gasteiger partial charge is 0.246 e. The third-order valence-electron chi connectivity index (χ3n) is 4.52. The van der Waals surface area contributed by atoms with Crippen LogP contribution in [-0.2, 0) is 11.4 Å². The molecule has 25 heavy (non-hydrogen) atoms. The molecular weight excluding hydrogens is 310 g/mol. The van der Waals surface area contributed by atoms with Gasteiger partial charge in [-0.05, 0) is 48.1 Å². The molecule has 3 heteroatoms. The van der Waals surface area contributed by atoms with Crippen molar-refractivity contribution in [2.75, 3.05) is 13.1 Å². The largest absolute Gasteiger partial charge is 0.489 e. The Labute approximate surface area is 149 Å². The van der Waals surface area contributed by atoms with E-state index in [4.69, 9.17) is 4.74 Å². The Hall–Kier alpha value is -2.55. The number of ether oxygens (including phenoxy) is 1. The van der Waals surface area contributed by atoms with Crippen LogP contribution in [0, 0.1) is 5.92 Å². The van der Waals surface area contributed by atoms with Crippen LogP contribution in [0.4, 0.5) is 0 Å². The first-order valence-corrected chi connectivity index (χ1v) is 8.94. The predicted octanol–water partition coefficient (Wildman–Crippen LogP) is 4.54. The lowest BCUT2D eigenvalue weighted by atomic mass is 10.0. The predicted molar refractivity (Wildman–Crippen MR) is 101 cm³/mol. The monoisotopic (exact) mass is 335 g/mol. The standard InChI is InChI=1S/C22H25NO2/c1-18-6-5-15-23(16-18)22(24)14-11-19-9-12-21(13-10-19)25-17-20-7-3-2-4-8-20/h2-4,7-14,18H,5-6,15-17H2,1H3/b14-11+. The summed E-state index contributed by atoms with van der Waals surface area (Å²) < 4.78 is 5.78. The molecule has 1 heterocycles. The molecule has 130 valence electrons. The highest BCUT2D eigenvalue weighted by Crippen LogP contribution is 2.17. The van der Waals surface area contributed by atoms with Gasteiger partial charge in [-0.3, -0.25) is 4.79 Å². The van der Waals surface area contributed by atoms with Crippen LogP contribution in [0.3, 0.4) is 0 Å². The molecular formula is C22H25NO2. The number of nitrogens with zero attached hydrogens (tertiary/aromatic N) is 1. The van der Waals surface area contributed by atoms with Gasteiger partial charge in [0, 0.05) is 19.2 Å². The summed E-state index contributed by atoms with van der Waals surface area (Å²) in [5.74, 6) is 1.54. The Morgan fingerprint density at radius 3 is 2.64 bits per heavy atom. The molecule has 1 atom stereocenters. The van der Waals surface area contributed by atoms with Crippen LogP contribution in [0.1, 0.15) is 30.9 Å². The van der Waals surface area contributed by atoms with E-state index in [2.05, 4.69) is 6.92 Å². The van der Waals surface area contributed by atoms with Gasteiger partial charge in [0.05, 0.1) is 0 Å². The quantitative estimate of drug-likeness (QED) is 0.751. The molecule has 0 N–H and O–H groups in total. The average molecular weight is 335 g/mol. The van der Waals surface area contributed by atoms with Gasteiger partial charge >= 0.3 is 0 Å². The van der Waals surface area contributed by atoms with Gasteiger partial charge in [-0.15, -0.1) is 0 Å². The number of hydrogen-bond donors (Lipinski definition) is 0. The van der Waals surface area contributed by atoms with E-state index in [1.807, 2.05) is 65.6 Å². The Morgan fingerprint density at radius 2 is 1.92 bits per heavy atom. The fraction of sp³-hybridized carbons (Fsp3) is 0.318. The maximum atomic E-state index is 12.3. The molecule has 2 aromatic rings. The van der Waals surface area contributed by atoms with Crippen LogP contribution < -0.4 is 4.74 Å². The van der Waals surface area contributed by atoms with Crippen molar-refractivity contribution in [1.29, 1.82) is 0 Å². The summed E-state index contributed by atoms with van der Waals surface area (Å²) in [6.07, 6.45) is 5.88. The molecule has 1 aliphatic rings. The number of likely N-dealkylation sites (tertiary alicyclic amines) is 1. The second-order valence-electron chi connectivity index (χ2n) is 6.71. The van der Waals surface area contributed by atoms with Crippen LogP contribution in [0.15, 0.2) is 60.7 Å². The van der Waals surface area contributed by atoms with Crippen molar-refractivity contribution in [3.63, 3.8) is 0 Å². The highest BCUT2D eigenvalue weighted by atomic mass is 16.5. The van der Waals surface area contributed by atoms with Crippen molar-refractivity contribution in [1.82, 2.24) is 4.90 Å². The maximum absolute atomic E-state index is 12.3. The van der Waals surface area contributed by atoms with Crippen LogP contribution in [0.25, 0.3) is 6.08 Å². The molecule has 1 saturated heterocycles. The SMILES string of the molecule is CC1CCCN(C(=O)/C=C/c2ccc(OCc3ccccc3)cc2)C1. The molecule has 3 rings (SSSR count). The number of piperidine rings is 1. The molecule has 3 nitrogen and oxygen atoms in total. The third kappa shape index (κ3) is 5.21. The molecule has 1 fully saturated rings. The van der Waals surface area contributed by atoms with E-state index in [1.54, 1.807) is 6.08 Å². The second-order valence-corrected chi connectivity index (χ2v) is 6.71. The molecule has 0 saturated carbocycles. The van der Waals surface area contributed by atoms with Crippen molar-refractivity contribution in [3.05, 3.63) is 71.8 Å². The third-order valence-corrected chi connectivity index (χ3v) is 4.52. The minimum atomic E-state index is 0.107. The lowest BCUT2D eigenvalue weighted by Crippen LogP contribution is -2.38. The summed E-state index contributed by atoms with van der Waals surface area (Å²) in [7, 11) is 0. The van der Waals surface area contributed by atoms with Crippen LogP contribution in [0.2, 0.25) is 0 Å². The van der Waals surface area contributed by atoms with E-state index in [-0.39, 0.29) is 5.91 Å². The lowest BCUT2D eigenvalue weighted by molar-refractivity contribution is -0.127. The van der Waals surface area contributed by atoms with Crippen molar-refractivity contribution in [2.45, 2.75) is 26.4 Å². The molecule has 0 radical (unpaired) electrons. The number of carbonyl (C=O) groups excluding carboxylic acids is 1. The van der Waals surface area contributed by atoms with Gasteiger partial charge in [-0.1, -0.05) is 49.4 Å². The number of rotatable bonds is 5. The molecule has 1 unspecified atom stereocenters. The van der Waals surface area contributed by atoms with Gasteiger partial charge in [0.15, 0.2) is 0 Å². The molecule has 1 aliphatic heterocycles. The van der Waals surface area contributed by atoms with Crippen molar-refractivity contribution in [3.8, 4) is 5.75 Å². The molecule has 0 aliphatic carbocycles. The van der Waals surface area contributed by atoms with E-state index >= 15 is 0 Å². The first-order valence-electron chi connectivity index (χ1n) is 8.94. The zero-order valence-electron chi connectivity index (χ0n) is 14.7. The van der Waals surface area contributed by atoms with Crippen molar-refractivity contribution >= 4 is 12.0 Å². The minimum Gasteiger partial charge on any atom is -0.489 e. The summed E-state index contributed by atoms with van der Waals surface area (Å²) >= 11 is 0. The fourth-order valence-corrected chi connectivity index (χ4v) is 3.08. The highest BCUT2D eigenvalue weighted by molar-refractivity contribution is 5.91. The molecule has 2 aromatic carbocycles. The summed E-state index contributed by atoms with van der Waals surface area (Å²) in [4.78, 5) is 14.2. The average Bonchev–Trinajstić information content (AvgIpc) is 2.66. The van der Waals surface area contributed by atoms with Gasteiger partial charge in [0.2, 0.25) is 5.91 Å². The number of carbonyl (C=O) groups is 1. The Kier molecular flexibility index (Phi) is 5.89. The normalized spacial score (nSPS) is 17.6. The molecule has 0 bridgehead atoms. The molecule has 1 amide bonds. The van der Waals surface area contributed by atoms with Gasteiger partial charge < -0.3 is 9.64 Å². The number of benzene rings is 2.